The van der Waals surface area contributed by atoms with Crippen LogP contribution in [0.15, 0.2) is 30.5 Å². The molecule has 0 saturated heterocycles. The van der Waals surface area contributed by atoms with E-state index in [1.165, 1.54) is 11.3 Å². The third-order valence-corrected chi connectivity index (χ3v) is 4.31. The molecular weight excluding hydrogens is 314 g/mol. The number of anilines is 1. The number of thiazole rings is 1. The summed E-state index contributed by atoms with van der Waals surface area (Å²) in [5.74, 6) is 0. The van der Waals surface area contributed by atoms with Crippen LogP contribution < -0.4 is 10.6 Å². The van der Waals surface area contributed by atoms with Gasteiger partial charge in [-0.1, -0.05) is 35.6 Å². The molecule has 1 aromatic heterocycles. The van der Waals surface area contributed by atoms with Crippen molar-refractivity contribution in [3.8, 4) is 10.4 Å². The second kappa shape index (κ2) is 8.61. The summed E-state index contributed by atoms with van der Waals surface area (Å²) in [4.78, 5) is 17.2. The van der Waals surface area contributed by atoms with Gasteiger partial charge in [0.2, 0.25) is 0 Å². The first kappa shape index (κ1) is 17.4. The normalized spacial score (nSPS) is 12.0. The first-order valence-electron chi connectivity index (χ1n) is 7.33. The molecule has 0 bridgehead atoms. The van der Waals surface area contributed by atoms with Crippen LogP contribution in [-0.4, -0.2) is 42.5 Å². The second-order valence-electron chi connectivity index (χ2n) is 5.10. The zero-order chi connectivity index (χ0) is 16.7. The van der Waals surface area contributed by atoms with Crippen molar-refractivity contribution in [2.75, 3.05) is 25.6 Å². The van der Waals surface area contributed by atoms with Gasteiger partial charge in [-0.2, -0.15) is 0 Å². The smallest absolute Gasteiger partial charge is 0.321 e. The number of ether oxygens (including phenoxy) is 1. The highest BCUT2D eigenvalue weighted by Crippen LogP contribution is 2.30. The number of aromatic nitrogens is 1. The van der Waals surface area contributed by atoms with Crippen molar-refractivity contribution in [3.05, 3.63) is 36.0 Å². The van der Waals surface area contributed by atoms with E-state index in [2.05, 4.69) is 15.6 Å². The Kier molecular flexibility index (Phi) is 6.52. The van der Waals surface area contributed by atoms with Gasteiger partial charge in [0.1, 0.15) is 0 Å². The van der Waals surface area contributed by atoms with Gasteiger partial charge in [-0.15, -0.1) is 0 Å². The van der Waals surface area contributed by atoms with E-state index < -0.39 is 0 Å². The van der Waals surface area contributed by atoms with Crippen LogP contribution in [0, 0.1) is 6.92 Å². The molecule has 1 heterocycles. The highest BCUT2D eigenvalue weighted by Gasteiger charge is 2.13. The molecule has 0 aliphatic heterocycles. The van der Waals surface area contributed by atoms with Gasteiger partial charge in [0.15, 0.2) is 5.13 Å². The van der Waals surface area contributed by atoms with Gasteiger partial charge in [0.25, 0.3) is 0 Å². The number of rotatable bonds is 7. The molecule has 3 N–H and O–H groups in total. The number of methoxy groups -OCH3 is 1. The fourth-order valence-electron chi connectivity index (χ4n) is 2.09. The first-order chi connectivity index (χ1) is 11.1. The van der Waals surface area contributed by atoms with Gasteiger partial charge in [-0.05, 0) is 24.5 Å². The maximum absolute atomic E-state index is 12.0. The van der Waals surface area contributed by atoms with Crippen LogP contribution in [-0.2, 0) is 4.74 Å². The number of nitrogens with zero attached hydrogens (tertiary/aromatic N) is 1. The molecule has 1 atom stereocenters. The lowest BCUT2D eigenvalue weighted by molar-refractivity contribution is 0.161. The maximum atomic E-state index is 12.0. The Morgan fingerprint density at radius 3 is 2.91 bits per heavy atom. The molecule has 1 unspecified atom stereocenters. The number of aliphatic hydroxyl groups is 1. The summed E-state index contributed by atoms with van der Waals surface area (Å²) in [6.07, 6.45) is 2.30. The van der Waals surface area contributed by atoms with Crippen molar-refractivity contribution < 1.29 is 14.6 Å². The van der Waals surface area contributed by atoms with E-state index in [4.69, 9.17) is 4.74 Å². The SMILES string of the molecule is COCCC(CO)NC(=O)Nc1ncc(-c2ccccc2C)s1. The Morgan fingerprint density at radius 2 is 2.22 bits per heavy atom. The van der Waals surface area contributed by atoms with E-state index in [-0.39, 0.29) is 18.7 Å². The van der Waals surface area contributed by atoms with Crippen LogP contribution >= 0.6 is 11.3 Å². The molecule has 2 aromatic rings. The number of carbonyl (C=O) groups excluding carboxylic acids is 1. The second-order valence-corrected chi connectivity index (χ2v) is 6.13. The number of hydrogen-bond donors (Lipinski definition) is 3. The Balaban J connectivity index is 1.96. The van der Waals surface area contributed by atoms with Crippen molar-refractivity contribution in [2.45, 2.75) is 19.4 Å². The summed E-state index contributed by atoms with van der Waals surface area (Å²) in [5.41, 5.74) is 2.26. The standard InChI is InChI=1S/C16H21N3O3S/c1-11-5-3-4-6-13(11)14-9-17-16(23-14)19-15(21)18-12(10-20)7-8-22-2/h3-6,9,12,20H,7-8,10H2,1-2H3,(H2,17,18,19,21). The minimum Gasteiger partial charge on any atom is -0.394 e. The maximum Gasteiger partial charge on any atom is 0.321 e. The average molecular weight is 335 g/mol. The number of nitrogens with one attached hydrogen (secondary N) is 2. The van der Waals surface area contributed by atoms with Crippen LogP contribution in [0.1, 0.15) is 12.0 Å². The van der Waals surface area contributed by atoms with Gasteiger partial charge in [-0.25, -0.2) is 9.78 Å². The summed E-state index contributed by atoms with van der Waals surface area (Å²) in [7, 11) is 1.58. The van der Waals surface area contributed by atoms with E-state index in [9.17, 15) is 9.90 Å². The molecule has 0 aliphatic carbocycles. The molecule has 0 spiro atoms. The van der Waals surface area contributed by atoms with Gasteiger partial charge < -0.3 is 15.2 Å². The fourth-order valence-corrected chi connectivity index (χ4v) is 3.00. The van der Waals surface area contributed by atoms with Crippen molar-refractivity contribution in [1.29, 1.82) is 0 Å². The number of hydrogen-bond acceptors (Lipinski definition) is 5. The third kappa shape index (κ3) is 5.02. The third-order valence-electron chi connectivity index (χ3n) is 3.36. The van der Waals surface area contributed by atoms with E-state index in [0.717, 1.165) is 16.0 Å². The molecule has 1 aromatic carbocycles. The van der Waals surface area contributed by atoms with E-state index in [1.54, 1.807) is 13.3 Å². The molecule has 2 amide bonds. The highest BCUT2D eigenvalue weighted by atomic mass is 32.1. The van der Waals surface area contributed by atoms with E-state index in [0.29, 0.717) is 18.2 Å². The number of urea groups is 1. The molecule has 6 nitrogen and oxygen atoms in total. The molecule has 23 heavy (non-hydrogen) atoms. The Bertz CT molecular complexity index is 645. The average Bonchev–Trinajstić information content (AvgIpc) is 3.00. The fraction of sp³-hybridized carbons (Fsp3) is 0.375. The van der Waals surface area contributed by atoms with Crippen molar-refractivity contribution >= 4 is 22.5 Å². The predicted octanol–water partition coefficient (Wildman–Crippen LogP) is 2.64. The lowest BCUT2D eigenvalue weighted by Crippen LogP contribution is -2.40. The Labute approximate surface area is 139 Å². The molecular formula is C16H21N3O3S. The Morgan fingerprint density at radius 1 is 1.43 bits per heavy atom. The van der Waals surface area contributed by atoms with E-state index in [1.807, 2.05) is 31.2 Å². The van der Waals surface area contributed by atoms with Gasteiger partial charge in [0.05, 0.1) is 17.5 Å². The minimum absolute atomic E-state index is 0.136. The summed E-state index contributed by atoms with van der Waals surface area (Å²) in [6, 6.07) is 7.30. The number of aryl methyl sites for hydroxylation is 1. The van der Waals surface area contributed by atoms with Crippen LogP contribution in [0.5, 0.6) is 0 Å². The molecule has 0 radical (unpaired) electrons. The van der Waals surface area contributed by atoms with Gasteiger partial charge >= 0.3 is 6.03 Å². The molecule has 7 heteroatoms. The monoisotopic (exact) mass is 335 g/mol. The van der Waals surface area contributed by atoms with Gasteiger partial charge in [0, 0.05) is 19.9 Å². The zero-order valence-corrected chi connectivity index (χ0v) is 14.0. The topological polar surface area (TPSA) is 83.5 Å². The van der Waals surface area contributed by atoms with E-state index >= 15 is 0 Å². The van der Waals surface area contributed by atoms with Crippen molar-refractivity contribution in [1.82, 2.24) is 10.3 Å². The lowest BCUT2D eigenvalue weighted by Gasteiger charge is -2.15. The molecule has 2 rings (SSSR count). The van der Waals surface area contributed by atoms with Crippen LogP contribution in [0.3, 0.4) is 0 Å². The summed E-state index contributed by atoms with van der Waals surface area (Å²) < 4.78 is 4.94. The quantitative estimate of drug-likeness (QED) is 0.726. The highest BCUT2D eigenvalue weighted by molar-refractivity contribution is 7.19. The molecule has 0 fully saturated rings. The summed E-state index contributed by atoms with van der Waals surface area (Å²) in [6.45, 7) is 2.37. The van der Waals surface area contributed by atoms with Crippen LogP contribution in [0.2, 0.25) is 0 Å². The van der Waals surface area contributed by atoms with Crippen LogP contribution in [0.4, 0.5) is 9.93 Å². The first-order valence-corrected chi connectivity index (χ1v) is 8.15. The minimum atomic E-state index is -0.383. The molecule has 124 valence electrons. The zero-order valence-electron chi connectivity index (χ0n) is 13.2. The molecule has 0 aliphatic rings. The predicted molar refractivity (Wildman–Crippen MR) is 91.8 cm³/mol. The largest absolute Gasteiger partial charge is 0.394 e. The van der Waals surface area contributed by atoms with Crippen LogP contribution in [0.25, 0.3) is 10.4 Å². The Hall–Kier alpha value is -1.96. The number of carbonyl (C=O) groups is 1. The lowest BCUT2D eigenvalue weighted by atomic mass is 10.1. The summed E-state index contributed by atoms with van der Waals surface area (Å²) in [5, 5.41) is 15.2. The van der Waals surface area contributed by atoms with Gasteiger partial charge in [-0.3, -0.25) is 5.32 Å². The summed E-state index contributed by atoms with van der Waals surface area (Å²) >= 11 is 1.41. The number of amides is 2. The molecule has 0 saturated carbocycles. The number of benzene rings is 1. The number of aliphatic hydroxyl groups excluding tert-OH is 1. The van der Waals surface area contributed by atoms with Crippen molar-refractivity contribution in [3.63, 3.8) is 0 Å². The van der Waals surface area contributed by atoms with Crippen molar-refractivity contribution in [2.24, 2.45) is 0 Å².